The molecule has 2 N–H and O–H groups in total. The zero-order valence-electron chi connectivity index (χ0n) is 15.1. The molecule has 0 bridgehead atoms. The van der Waals surface area contributed by atoms with E-state index in [4.69, 9.17) is 14.3 Å². The van der Waals surface area contributed by atoms with Gasteiger partial charge >= 0.3 is 0 Å². The lowest BCUT2D eigenvalue weighted by atomic mass is 10.1. The molecule has 0 aliphatic carbocycles. The molecule has 1 rings (SSSR count). The van der Waals surface area contributed by atoms with Crippen molar-refractivity contribution in [1.82, 2.24) is 5.32 Å². The smallest absolute Gasteiger partial charge is 0.161 e. The fourth-order valence-electron chi connectivity index (χ4n) is 1.80. The molecule has 0 radical (unpaired) electrons. The van der Waals surface area contributed by atoms with Gasteiger partial charge in [0.25, 0.3) is 0 Å². The predicted molar refractivity (Wildman–Crippen MR) is 96.8 cm³/mol. The van der Waals surface area contributed by atoms with Crippen LogP contribution in [-0.2, 0) is 4.84 Å². The van der Waals surface area contributed by atoms with Gasteiger partial charge in [0.2, 0.25) is 0 Å². The van der Waals surface area contributed by atoms with Crippen molar-refractivity contribution in [1.29, 1.82) is 0 Å². The quantitative estimate of drug-likeness (QED) is 0.535. The Hall–Kier alpha value is -2.05. The maximum absolute atomic E-state index is 9.75. The lowest BCUT2D eigenvalue weighted by molar-refractivity contribution is 0.0380. The second kappa shape index (κ2) is 9.95. The minimum absolute atomic E-state index is 0.0353. The predicted octanol–water partition coefficient (Wildman–Crippen LogP) is 2.47. The number of methoxy groups -OCH3 is 2. The number of rotatable bonds is 9. The lowest BCUT2D eigenvalue weighted by Gasteiger charge is -2.22. The Morgan fingerprint density at radius 3 is 2.54 bits per heavy atom. The van der Waals surface area contributed by atoms with Crippen LogP contribution in [0.15, 0.2) is 29.4 Å². The molecule has 24 heavy (non-hydrogen) atoms. The summed E-state index contributed by atoms with van der Waals surface area (Å²) in [7, 11) is 3.20. The molecule has 0 heterocycles. The zero-order chi connectivity index (χ0) is 18.0. The van der Waals surface area contributed by atoms with Crippen molar-refractivity contribution in [2.75, 3.05) is 27.4 Å². The highest BCUT2D eigenvalue weighted by Gasteiger charge is 2.12. The molecular weight excluding hydrogens is 308 g/mol. The van der Waals surface area contributed by atoms with Crippen LogP contribution in [0.5, 0.6) is 11.5 Å². The van der Waals surface area contributed by atoms with Gasteiger partial charge in [-0.1, -0.05) is 17.3 Å². The van der Waals surface area contributed by atoms with Gasteiger partial charge in [0, 0.05) is 12.1 Å². The Morgan fingerprint density at radius 1 is 1.21 bits per heavy atom. The molecule has 134 valence electrons. The van der Waals surface area contributed by atoms with Crippen molar-refractivity contribution >= 4 is 12.3 Å². The van der Waals surface area contributed by atoms with Crippen LogP contribution in [0, 0.1) is 0 Å². The number of nitrogens with zero attached hydrogens (tertiary/aromatic N) is 1. The minimum atomic E-state index is -0.601. The topological polar surface area (TPSA) is 72.3 Å². The van der Waals surface area contributed by atoms with Crippen molar-refractivity contribution in [2.24, 2.45) is 5.16 Å². The Morgan fingerprint density at radius 2 is 1.92 bits per heavy atom. The first-order chi connectivity index (χ1) is 11.4. The van der Waals surface area contributed by atoms with Gasteiger partial charge in [-0.3, -0.25) is 0 Å². The SMILES string of the molecule is COc1ccc(/C=C/C=N/OCC(O)CNC(C)(C)C)cc1OC. The Bertz CT molecular complexity index is 550. The van der Waals surface area contributed by atoms with Crippen LogP contribution in [0.1, 0.15) is 26.3 Å². The van der Waals surface area contributed by atoms with Gasteiger partial charge in [-0.25, -0.2) is 0 Å². The van der Waals surface area contributed by atoms with Crippen molar-refractivity contribution in [2.45, 2.75) is 32.4 Å². The number of hydrogen-bond donors (Lipinski definition) is 2. The molecule has 0 fully saturated rings. The molecule has 1 unspecified atom stereocenters. The summed E-state index contributed by atoms with van der Waals surface area (Å²) in [6, 6.07) is 5.62. The van der Waals surface area contributed by atoms with Gasteiger partial charge in [0.15, 0.2) is 11.5 Å². The summed E-state index contributed by atoms with van der Waals surface area (Å²) in [5.41, 5.74) is 0.917. The molecule has 0 aromatic heterocycles. The van der Waals surface area contributed by atoms with Crippen LogP contribution >= 0.6 is 0 Å². The second-order valence-electron chi connectivity index (χ2n) is 6.31. The van der Waals surface area contributed by atoms with E-state index in [0.29, 0.717) is 18.0 Å². The first-order valence-corrected chi connectivity index (χ1v) is 7.83. The molecule has 1 aromatic carbocycles. The summed E-state index contributed by atoms with van der Waals surface area (Å²) in [4.78, 5) is 5.06. The summed E-state index contributed by atoms with van der Waals surface area (Å²) < 4.78 is 10.4. The molecule has 1 aromatic rings. The Balaban J connectivity index is 2.38. The largest absolute Gasteiger partial charge is 0.493 e. The first-order valence-electron chi connectivity index (χ1n) is 7.83. The monoisotopic (exact) mass is 336 g/mol. The van der Waals surface area contributed by atoms with Crippen molar-refractivity contribution in [3.05, 3.63) is 29.8 Å². The van der Waals surface area contributed by atoms with E-state index in [0.717, 1.165) is 5.56 Å². The van der Waals surface area contributed by atoms with E-state index in [1.54, 1.807) is 20.3 Å². The highest BCUT2D eigenvalue weighted by molar-refractivity contribution is 5.78. The third-order valence-electron chi connectivity index (χ3n) is 3.05. The Kier molecular flexibility index (Phi) is 8.29. The summed E-state index contributed by atoms with van der Waals surface area (Å²) in [6.07, 6.45) is 4.55. The van der Waals surface area contributed by atoms with Gasteiger partial charge in [-0.05, 0) is 44.5 Å². The van der Waals surface area contributed by atoms with Crippen LogP contribution < -0.4 is 14.8 Å². The maximum atomic E-state index is 9.75. The number of benzene rings is 1. The van der Waals surface area contributed by atoms with Crippen molar-refractivity contribution in [3.63, 3.8) is 0 Å². The molecule has 6 heteroatoms. The molecule has 0 spiro atoms. The van der Waals surface area contributed by atoms with E-state index >= 15 is 0 Å². The number of oxime groups is 1. The van der Waals surface area contributed by atoms with E-state index in [2.05, 4.69) is 10.5 Å². The molecule has 0 amide bonds. The standard InChI is InChI=1S/C18H28N2O4/c1-18(2,3)19-12-15(21)13-24-20-10-6-7-14-8-9-16(22-4)17(11-14)23-5/h6-11,15,19,21H,12-13H2,1-5H3/b7-6+,20-10+. The van der Waals surface area contributed by atoms with Crippen LogP contribution in [-0.4, -0.2) is 50.3 Å². The van der Waals surface area contributed by atoms with E-state index in [1.165, 1.54) is 6.21 Å². The fourth-order valence-corrected chi connectivity index (χ4v) is 1.80. The van der Waals surface area contributed by atoms with E-state index in [-0.39, 0.29) is 12.1 Å². The second-order valence-corrected chi connectivity index (χ2v) is 6.31. The average molecular weight is 336 g/mol. The highest BCUT2D eigenvalue weighted by Crippen LogP contribution is 2.27. The summed E-state index contributed by atoms with van der Waals surface area (Å²) in [5.74, 6) is 1.35. The highest BCUT2D eigenvalue weighted by atomic mass is 16.6. The third kappa shape index (κ3) is 7.99. The zero-order valence-corrected chi connectivity index (χ0v) is 15.1. The van der Waals surface area contributed by atoms with Crippen LogP contribution in [0.25, 0.3) is 6.08 Å². The molecule has 0 saturated carbocycles. The fraction of sp³-hybridized carbons (Fsp3) is 0.500. The van der Waals surface area contributed by atoms with Crippen LogP contribution in [0.3, 0.4) is 0 Å². The molecule has 1 atom stereocenters. The van der Waals surface area contributed by atoms with E-state index in [9.17, 15) is 5.11 Å². The van der Waals surface area contributed by atoms with E-state index in [1.807, 2.05) is 45.0 Å². The lowest BCUT2D eigenvalue weighted by Crippen LogP contribution is -2.42. The van der Waals surface area contributed by atoms with Crippen LogP contribution in [0.4, 0.5) is 0 Å². The number of allylic oxidation sites excluding steroid dienone is 1. The number of aliphatic hydroxyl groups excluding tert-OH is 1. The number of aliphatic hydroxyl groups is 1. The number of β-amino-alcohol motifs (C(OH)–C–C–N with tert-alkyl or cyclic N) is 1. The summed E-state index contributed by atoms with van der Waals surface area (Å²) in [5, 5.41) is 16.7. The Labute approximate surface area is 144 Å². The van der Waals surface area contributed by atoms with Gasteiger partial charge in [0.1, 0.15) is 12.7 Å². The van der Waals surface area contributed by atoms with Gasteiger partial charge in [-0.15, -0.1) is 0 Å². The van der Waals surface area contributed by atoms with Crippen molar-refractivity contribution < 1.29 is 19.4 Å². The number of ether oxygens (including phenoxy) is 2. The molecule has 6 nitrogen and oxygen atoms in total. The van der Waals surface area contributed by atoms with Gasteiger partial charge in [0.05, 0.1) is 20.4 Å². The molecule has 0 saturated heterocycles. The molecular formula is C18H28N2O4. The van der Waals surface area contributed by atoms with Crippen molar-refractivity contribution in [3.8, 4) is 11.5 Å². The normalized spacial score (nSPS) is 13.4. The summed E-state index contributed by atoms with van der Waals surface area (Å²) >= 11 is 0. The van der Waals surface area contributed by atoms with Gasteiger partial charge < -0.3 is 24.7 Å². The molecule has 0 aliphatic rings. The first kappa shape index (κ1) is 20.0. The minimum Gasteiger partial charge on any atom is -0.493 e. The number of nitrogens with one attached hydrogen (secondary N) is 1. The van der Waals surface area contributed by atoms with E-state index < -0.39 is 6.10 Å². The molecule has 0 aliphatic heterocycles. The average Bonchev–Trinajstić information content (AvgIpc) is 2.55. The third-order valence-corrected chi connectivity index (χ3v) is 3.05. The summed E-state index contributed by atoms with van der Waals surface area (Å²) in [6.45, 7) is 6.72. The van der Waals surface area contributed by atoms with Gasteiger partial charge in [-0.2, -0.15) is 0 Å². The maximum Gasteiger partial charge on any atom is 0.161 e. The number of hydrogen-bond acceptors (Lipinski definition) is 6. The van der Waals surface area contributed by atoms with Crippen LogP contribution in [0.2, 0.25) is 0 Å².